The van der Waals surface area contributed by atoms with Gasteiger partial charge in [0.2, 0.25) is 0 Å². The maximum atomic E-state index is 4.83. The second-order valence-electron chi connectivity index (χ2n) is 8.23. The van der Waals surface area contributed by atoms with E-state index in [2.05, 4.69) is 73.3 Å². The minimum absolute atomic E-state index is 0.572. The highest BCUT2D eigenvalue weighted by Gasteiger charge is 2.17. The Bertz CT molecular complexity index is 585. The first-order chi connectivity index (χ1) is 13.5. The predicted octanol–water partition coefficient (Wildman–Crippen LogP) is 2.67. The summed E-state index contributed by atoms with van der Waals surface area (Å²) in [5.74, 6) is 1.51. The molecule has 5 nitrogen and oxygen atoms in total. The molecule has 1 aromatic carbocycles. The van der Waals surface area contributed by atoms with Crippen LogP contribution in [0.2, 0.25) is 0 Å². The Labute approximate surface area is 172 Å². The van der Waals surface area contributed by atoms with E-state index in [1.807, 2.05) is 0 Å². The minimum Gasteiger partial charge on any atom is -0.357 e. The van der Waals surface area contributed by atoms with E-state index in [0.29, 0.717) is 5.92 Å². The largest absolute Gasteiger partial charge is 0.357 e. The lowest BCUT2D eigenvalue weighted by Crippen LogP contribution is -2.47. The van der Waals surface area contributed by atoms with Crippen molar-refractivity contribution in [3.8, 4) is 0 Å². The van der Waals surface area contributed by atoms with Crippen LogP contribution in [0.15, 0.2) is 23.2 Å². The Balaban J connectivity index is 1.76. The number of likely N-dealkylation sites (N-methyl/N-ethyl adjacent to an activating group) is 1. The fourth-order valence-electron chi connectivity index (χ4n) is 3.91. The van der Waals surface area contributed by atoms with Gasteiger partial charge < -0.3 is 20.4 Å². The highest BCUT2D eigenvalue weighted by Crippen LogP contribution is 2.09. The topological polar surface area (TPSA) is 42.9 Å². The monoisotopic (exact) mass is 387 g/mol. The second kappa shape index (κ2) is 12.1. The first-order valence-corrected chi connectivity index (χ1v) is 11.0. The molecule has 0 amide bonds. The maximum absolute atomic E-state index is 4.83. The van der Waals surface area contributed by atoms with Crippen molar-refractivity contribution in [1.29, 1.82) is 0 Å². The first kappa shape index (κ1) is 22.7. The number of nitrogens with zero attached hydrogens (tertiary/aromatic N) is 3. The fourth-order valence-corrected chi connectivity index (χ4v) is 3.91. The molecule has 1 atom stereocenters. The molecular formula is C23H41N5. The molecule has 0 spiro atoms. The number of piperazine rings is 1. The number of hydrogen-bond acceptors (Lipinski definition) is 3. The summed E-state index contributed by atoms with van der Waals surface area (Å²) in [5, 5.41) is 6.88. The molecule has 0 saturated carbocycles. The summed E-state index contributed by atoms with van der Waals surface area (Å²) in [6.45, 7) is 20.8. The highest BCUT2D eigenvalue weighted by molar-refractivity contribution is 5.79. The van der Waals surface area contributed by atoms with Gasteiger partial charge in [0.15, 0.2) is 5.96 Å². The van der Waals surface area contributed by atoms with Gasteiger partial charge in [0, 0.05) is 52.4 Å². The molecule has 0 radical (unpaired) electrons. The van der Waals surface area contributed by atoms with Crippen molar-refractivity contribution in [3.63, 3.8) is 0 Å². The normalized spacial score (nSPS) is 17.5. The van der Waals surface area contributed by atoms with Crippen LogP contribution in [0.25, 0.3) is 0 Å². The number of aliphatic imine (C=N–C) groups is 1. The third kappa shape index (κ3) is 8.19. The number of nitrogens with one attached hydrogen (secondary N) is 2. The van der Waals surface area contributed by atoms with Gasteiger partial charge in [-0.2, -0.15) is 0 Å². The van der Waals surface area contributed by atoms with Crippen molar-refractivity contribution in [2.24, 2.45) is 10.9 Å². The summed E-state index contributed by atoms with van der Waals surface area (Å²) in [7, 11) is 0. The van der Waals surface area contributed by atoms with E-state index in [0.717, 1.165) is 38.6 Å². The van der Waals surface area contributed by atoms with Crippen molar-refractivity contribution in [3.05, 3.63) is 34.9 Å². The number of hydrogen-bond donors (Lipinski definition) is 2. The molecule has 2 rings (SSSR count). The lowest BCUT2D eigenvalue weighted by molar-refractivity contribution is 0.125. The zero-order chi connectivity index (χ0) is 20.4. The van der Waals surface area contributed by atoms with Crippen LogP contribution < -0.4 is 10.6 Å². The van der Waals surface area contributed by atoms with Crippen molar-refractivity contribution in [2.45, 2.75) is 41.0 Å². The van der Waals surface area contributed by atoms with E-state index in [1.54, 1.807) is 0 Å². The molecule has 5 heteroatoms. The predicted molar refractivity (Wildman–Crippen MR) is 121 cm³/mol. The van der Waals surface area contributed by atoms with Crippen molar-refractivity contribution < 1.29 is 0 Å². The van der Waals surface area contributed by atoms with Crippen molar-refractivity contribution in [1.82, 2.24) is 20.4 Å². The summed E-state index contributed by atoms with van der Waals surface area (Å²) in [4.78, 5) is 9.95. The number of benzene rings is 1. The molecule has 2 N–H and O–H groups in total. The lowest BCUT2D eigenvalue weighted by atomic mass is 10.1. The van der Waals surface area contributed by atoms with Gasteiger partial charge in [0.05, 0.1) is 0 Å². The van der Waals surface area contributed by atoms with Crippen LogP contribution in [0.5, 0.6) is 0 Å². The van der Waals surface area contributed by atoms with Crippen LogP contribution in [-0.2, 0) is 6.42 Å². The van der Waals surface area contributed by atoms with Gasteiger partial charge >= 0.3 is 0 Å². The van der Waals surface area contributed by atoms with Crippen molar-refractivity contribution in [2.75, 3.05) is 58.9 Å². The maximum Gasteiger partial charge on any atom is 0.191 e. The minimum atomic E-state index is 0.572. The molecule has 1 aromatic rings. The Morgan fingerprint density at radius 3 is 2.25 bits per heavy atom. The average molecular weight is 388 g/mol. The molecule has 1 fully saturated rings. The van der Waals surface area contributed by atoms with E-state index in [9.17, 15) is 0 Å². The summed E-state index contributed by atoms with van der Waals surface area (Å²) >= 11 is 0. The average Bonchev–Trinajstić information content (AvgIpc) is 2.66. The first-order valence-electron chi connectivity index (χ1n) is 11.0. The lowest BCUT2D eigenvalue weighted by Gasteiger charge is -2.35. The quantitative estimate of drug-likeness (QED) is 0.505. The van der Waals surface area contributed by atoms with Crippen LogP contribution in [0, 0.1) is 19.8 Å². The second-order valence-corrected chi connectivity index (χ2v) is 8.23. The Hall–Kier alpha value is -1.59. The van der Waals surface area contributed by atoms with Crippen molar-refractivity contribution >= 4 is 5.96 Å². The third-order valence-electron chi connectivity index (χ3n) is 5.37. The summed E-state index contributed by atoms with van der Waals surface area (Å²) in [6, 6.07) is 6.78. The third-order valence-corrected chi connectivity index (χ3v) is 5.37. The van der Waals surface area contributed by atoms with Crippen LogP contribution in [0.3, 0.4) is 0 Å². The van der Waals surface area contributed by atoms with Gasteiger partial charge in [-0.05, 0) is 45.2 Å². The zero-order valence-corrected chi connectivity index (χ0v) is 18.7. The Morgan fingerprint density at radius 2 is 1.64 bits per heavy atom. The molecule has 28 heavy (non-hydrogen) atoms. The SMILES string of the molecule is CCNC(=NCC(C)CN1CCN(CC)CC1)NCCc1cc(C)cc(C)c1. The number of aryl methyl sites for hydroxylation is 2. The van der Waals surface area contributed by atoms with Crippen LogP contribution >= 0.6 is 0 Å². The number of rotatable bonds is 9. The van der Waals surface area contributed by atoms with Crippen LogP contribution in [0.1, 0.15) is 37.5 Å². The van der Waals surface area contributed by atoms with E-state index in [-0.39, 0.29) is 0 Å². The molecule has 0 aliphatic carbocycles. The van der Waals surface area contributed by atoms with Crippen LogP contribution in [0.4, 0.5) is 0 Å². The molecule has 1 saturated heterocycles. The van der Waals surface area contributed by atoms with E-state index in [4.69, 9.17) is 4.99 Å². The molecule has 0 aromatic heterocycles. The smallest absolute Gasteiger partial charge is 0.191 e. The van der Waals surface area contributed by atoms with Gasteiger partial charge in [-0.15, -0.1) is 0 Å². The Kier molecular flexibility index (Phi) is 9.79. The van der Waals surface area contributed by atoms with E-state index in [1.165, 1.54) is 49.4 Å². The summed E-state index contributed by atoms with van der Waals surface area (Å²) < 4.78 is 0. The number of guanidine groups is 1. The molecule has 158 valence electrons. The Morgan fingerprint density at radius 1 is 1.00 bits per heavy atom. The molecule has 1 aliphatic rings. The molecule has 0 bridgehead atoms. The molecule has 1 aliphatic heterocycles. The highest BCUT2D eigenvalue weighted by atomic mass is 15.3. The molecule has 1 unspecified atom stereocenters. The fraction of sp³-hybridized carbons (Fsp3) is 0.696. The van der Waals surface area contributed by atoms with Gasteiger partial charge in [0.25, 0.3) is 0 Å². The standard InChI is InChI=1S/C23H41N5/c1-6-24-23(25-9-8-22-15-19(3)14-20(4)16-22)26-17-21(5)18-28-12-10-27(7-2)11-13-28/h14-16,21H,6-13,17-18H2,1-5H3,(H2,24,25,26). The summed E-state index contributed by atoms with van der Waals surface area (Å²) in [6.07, 6.45) is 1.02. The zero-order valence-electron chi connectivity index (χ0n) is 18.7. The van der Waals surface area contributed by atoms with Gasteiger partial charge in [-0.25, -0.2) is 0 Å². The van der Waals surface area contributed by atoms with Gasteiger partial charge in [0.1, 0.15) is 0 Å². The van der Waals surface area contributed by atoms with Crippen LogP contribution in [-0.4, -0.2) is 74.7 Å². The molecule has 1 heterocycles. The van der Waals surface area contributed by atoms with E-state index >= 15 is 0 Å². The van der Waals surface area contributed by atoms with Gasteiger partial charge in [-0.3, -0.25) is 4.99 Å². The van der Waals surface area contributed by atoms with Gasteiger partial charge in [-0.1, -0.05) is 43.2 Å². The van der Waals surface area contributed by atoms with E-state index < -0.39 is 0 Å². The molecular weight excluding hydrogens is 346 g/mol. The summed E-state index contributed by atoms with van der Waals surface area (Å²) in [5.41, 5.74) is 4.06.